The molecular weight excluding hydrogens is 614 g/mol. The van der Waals surface area contributed by atoms with E-state index in [1.165, 1.54) is 6.92 Å². The number of hydrogen-bond acceptors (Lipinski definition) is 13. The highest BCUT2D eigenvalue weighted by molar-refractivity contribution is 7.99. The van der Waals surface area contributed by atoms with Gasteiger partial charge in [-0.05, 0) is 45.4 Å². The van der Waals surface area contributed by atoms with Crippen LogP contribution in [0, 0.1) is 13.8 Å². The largest absolute Gasteiger partial charge is 0.493 e. The Bertz CT molecular complexity index is 1600. The van der Waals surface area contributed by atoms with E-state index in [4.69, 9.17) is 38.9 Å². The summed E-state index contributed by atoms with van der Waals surface area (Å²) in [5.41, 5.74) is 11.8. The van der Waals surface area contributed by atoms with Crippen LogP contribution in [0.3, 0.4) is 0 Å². The van der Waals surface area contributed by atoms with E-state index in [1.54, 1.807) is 26.0 Å². The Labute approximate surface area is 272 Å². The van der Waals surface area contributed by atoms with Crippen LogP contribution in [0.1, 0.15) is 77.0 Å². The number of rotatable bonds is 5. The second-order valence-electron chi connectivity index (χ2n) is 12.7. The molecule has 8 rings (SSSR count). The smallest absolute Gasteiger partial charge is 0.323 e. The molecule has 13 heteroatoms. The van der Waals surface area contributed by atoms with E-state index in [-0.39, 0.29) is 55.4 Å². The van der Waals surface area contributed by atoms with E-state index in [0.717, 1.165) is 34.2 Å². The first-order chi connectivity index (χ1) is 22.1. The van der Waals surface area contributed by atoms with Crippen molar-refractivity contribution < 1.29 is 42.7 Å². The summed E-state index contributed by atoms with van der Waals surface area (Å²) in [6.45, 7) is 7.60. The summed E-state index contributed by atoms with van der Waals surface area (Å²) in [4.78, 5) is 30.7. The molecule has 12 nitrogen and oxygen atoms in total. The number of aryl methyl sites for hydroxylation is 1. The van der Waals surface area contributed by atoms with Gasteiger partial charge >= 0.3 is 11.9 Å². The molecule has 0 spiro atoms. The summed E-state index contributed by atoms with van der Waals surface area (Å²) in [7, 11) is 5.40. The van der Waals surface area contributed by atoms with Crippen LogP contribution in [0.15, 0.2) is 6.07 Å². The number of likely N-dealkylation sites (N-methyl/N-ethyl adjacent to an activating group) is 1. The van der Waals surface area contributed by atoms with Crippen LogP contribution >= 0.6 is 11.8 Å². The van der Waals surface area contributed by atoms with Crippen molar-refractivity contribution in [2.75, 3.05) is 47.2 Å². The van der Waals surface area contributed by atoms with Gasteiger partial charge in [-0.15, -0.1) is 11.8 Å². The maximum absolute atomic E-state index is 13.1. The Morgan fingerprint density at radius 3 is 2.52 bits per heavy atom. The standard InChI is InChI=1S/C33H41N3O9S/c1-14-8-18-21-9-20(35(21)5)16(3)36-22-10-41-33(38)19(34)11-46-32(26(36)23(18)30(27(14)40-7)42-12-39-6)25-24(22)31-29(43-13-44-31)15(2)28(25)45-17(4)37/h8,16,19-22,26,32H,9-13,34H2,1-7H3/t16-,19-,20+,21+,22+,26+,32+/m0/s1. The molecular formula is C33H41N3O9S. The van der Waals surface area contributed by atoms with Crippen LogP contribution in [0.2, 0.25) is 0 Å². The number of thioether (sulfide) groups is 1. The molecule has 8 atom stereocenters. The fourth-order valence-electron chi connectivity index (χ4n) is 8.22. The Hall–Kier alpha value is -3.23. The average Bonchev–Trinajstić information content (AvgIpc) is 3.51. The quantitative estimate of drug-likeness (QED) is 0.285. The maximum atomic E-state index is 13.1. The third-order valence-electron chi connectivity index (χ3n) is 10.2. The number of fused-ring (bicyclic) bond motifs is 5. The predicted octanol–water partition coefficient (Wildman–Crippen LogP) is 3.85. The molecule has 0 radical (unpaired) electrons. The van der Waals surface area contributed by atoms with Crippen molar-refractivity contribution in [1.82, 2.24) is 9.80 Å². The summed E-state index contributed by atoms with van der Waals surface area (Å²) < 4.78 is 42.2. The van der Waals surface area contributed by atoms with Gasteiger partial charge < -0.3 is 38.9 Å². The summed E-state index contributed by atoms with van der Waals surface area (Å²) in [6, 6.07) is 0.941. The van der Waals surface area contributed by atoms with Gasteiger partial charge in [0.25, 0.3) is 0 Å². The van der Waals surface area contributed by atoms with Gasteiger partial charge in [0.2, 0.25) is 6.79 Å². The summed E-state index contributed by atoms with van der Waals surface area (Å²) in [5, 5.41) is -0.368. The fraction of sp³-hybridized carbons (Fsp3) is 0.576. The van der Waals surface area contributed by atoms with E-state index in [9.17, 15) is 9.59 Å². The third kappa shape index (κ3) is 4.57. The zero-order valence-corrected chi connectivity index (χ0v) is 28.0. The predicted molar refractivity (Wildman–Crippen MR) is 169 cm³/mol. The van der Waals surface area contributed by atoms with Gasteiger partial charge in [-0.1, -0.05) is 6.07 Å². The number of carbonyl (C=O) groups excluding carboxylic acids is 2. The first-order valence-corrected chi connectivity index (χ1v) is 16.6. The highest BCUT2D eigenvalue weighted by atomic mass is 32.2. The van der Waals surface area contributed by atoms with Crippen LogP contribution < -0.4 is 29.4 Å². The lowest BCUT2D eigenvalue weighted by molar-refractivity contribution is -0.149. The number of nitrogens with two attached hydrogens (primary N) is 1. The summed E-state index contributed by atoms with van der Waals surface area (Å²) in [6.07, 6.45) is 0.940. The Balaban J connectivity index is 1.60. The van der Waals surface area contributed by atoms with Crippen LogP contribution in [0.25, 0.3) is 0 Å². The number of ether oxygens (including phenoxy) is 7. The molecule has 2 aromatic rings. The lowest BCUT2D eigenvalue weighted by Crippen LogP contribution is -2.62. The third-order valence-corrected chi connectivity index (χ3v) is 11.6. The zero-order chi connectivity index (χ0) is 32.6. The van der Waals surface area contributed by atoms with Gasteiger partial charge in [0.15, 0.2) is 29.8 Å². The molecule has 1 unspecified atom stereocenters. The van der Waals surface area contributed by atoms with E-state index in [1.807, 2.05) is 13.8 Å². The topological polar surface area (TPSA) is 131 Å². The summed E-state index contributed by atoms with van der Waals surface area (Å²) >= 11 is 1.55. The van der Waals surface area contributed by atoms with E-state index >= 15 is 0 Å². The SMILES string of the molecule is COCOc1c(OC)c(C)cc2c1[C@@H]1[C@@H]3SC[C@H](N)C(=O)OC[C@H](c4c5c(c(C)c(OC(C)=O)c43)OCO5)N1[C@@H](C)[C@H]1C[C@H]2N1C. The second kappa shape index (κ2) is 11.8. The highest BCUT2D eigenvalue weighted by Gasteiger charge is 2.57. The van der Waals surface area contributed by atoms with Gasteiger partial charge in [-0.25, -0.2) is 0 Å². The molecule has 2 aromatic carbocycles. The molecule has 0 amide bonds. The molecule has 4 bridgehead atoms. The molecule has 6 heterocycles. The average molecular weight is 656 g/mol. The lowest BCUT2D eigenvalue weighted by atomic mass is 9.72. The number of methoxy groups -OCH3 is 2. The molecule has 0 aromatic heterocycles. The van der Waals surface area contributed by atoms with Crippen molar-refractivity contribution in [2.45, 2.75) is 75.6 Å². The normalized spacial score (nSPS) is 30.9. The lowest BCUT2D eigenvalue weighted by Gasteiger charge is -2.60. The molecule has 2 fully saturated rings. The first-order valence-electron chi connectivity index (χ1n) is 15.6. The van der Waals surface area contributed by atoms with Gasteiger partial charge in [0, 0.05) is 60.2 Å². The van der Waals surface area contributed by atoms with E-state index in [0.29, 0.717) is 34.3 Å². The molecule has 0 aliphatic carbocycles. The van der Waals surface area contributed by atoms with Gasteiger partial charge in [0.05, 0.1) is 24.4 Å². The summed E-state index contributed by atoms with van der Waals surface area (Å²) in [5.74, 6) is 2.17. The van der Waals surface area contributed by atoms with Crippen LogP contribution in [0.4, 0.5) is 0 Å². The van der Waals surface area contributed by atoms with E-state index < -0.39 is 24.0 Å². The molecule has 46 heavy (non-hydrogen) atoms. The van der Waals surface area contributed by atoms with Gasteiger partial charge in [0.1, 0.15) is 18.4 Å². The maximum Gasteiger partial charge on any atom is 0.323 e. The molecule has 6 aliphatic rings. The molecule has 2 N–H and O–H groups in total. The van der Waals surface area contributed by atoms with Crippen molar-refractivity contribution >= 4 is 23.7 Å². The van der Waals surface area contributed by atoms with Crippen molar-refractivity contribution in [3.05, 3.63) is 39.4 Å². The minimum Gasteiger partial charge on any atom is -0.493 e. The number of carbonyl (C=O) groups is 2. The highest BCUT2D eigenvalue weighted by Crippen LogP contribution is 2.66. The van der Waals surface area contributed by atoms with Gasteiger partial charge in [-0.3, -0.25) is 19.4 Å². The number of benzene rings is 2. The van der Waals surface area contributed by atoms with Gasteiger partial charge in [-0.2, -0.15) is 0 Å². The minimum atomic E-state index is -0.838. The number of cyclic esters (lactones) is 1. The molecule has 6 aliphatic heterocycles. The number of esters is 2. The van der Waals surface area contributed by atoms with Crippen LogP contribution in [0.5, 0.6) is 28.7 Å². The first kappa shape index (κ1) is 31.4. The minimum absolute atomic E-state index is 0.00600. The number of nitrogens with zero attached hydrogens (tertiary/aromatic N) is 2. The number of hydrogen-bond donors (Lipinski definition) is 1. The Morgan fingerprint density at radius 1 is 1.07 bits per heavy atom. The Morgan fingerprint density at radius 2 is 1.83 bits per heavy atom. The van der Waals surface area contributed by atoms with E-state index in [2.05, 4.69) is 29.8 Å². The molecule has 0 saturated carbocycles. The van der Waals surface area contributed by atoms with Crippen LogP contribution in [-0.2, 0) is 19.1 Å². The van der Waals surface area contributed by atoms with Crippen molar-refractivity contribution in [2.24, 2.45) is 5.73 Å². The Kier molecular flexibility index (Phi) is 8.03. The monoisotopic (exact) mass is 655 g/mol. The van der Waals surface area contributed by atoms with Crippen molar-refractivity contribution in [1.29, 1.82) is 0 Å². The zero-order valence-electron chi connectivity index (χ0n) is 27.2. The molecule has 248 valence electrons. The molecule has 2 saturated heterocycles. The van der Waals surface area contributed by atoms with Crippen molar-refractivity contribution in [3.63, 3.8) is 0 Å². The van der Waals surface area contributed by atoms with Crippen LogP contribution in [-0.4, -0.2) is 87.1 Å². The second-order valence-corrected chi connectivity index (χ2v) is 13.8. The van der Waals surface area contributed by atoms with Crippen molar-refractivity contribution in [3.8, 4) is 28.7 Å². The fourth-order valence-corrected chi connectivity index (χ4v) is 9.63.